The van der Waals surface area contributed by atoms with Crippen LogP contribution in [0.4, 0.5) is 11.6 Å². The van der Waals surface area contributed by atoms with Crippen LogP contribution in [0.3, 0.4) is 0 Å². The zero-order valence-corrected chi connectivity index (χ0v) is 15.9. The molecule has 2 aromatic heterocycles. The number of carbonyl (C=O) groups excluding carboxylic acids is 1. The number of anilines is 2. The van der Waals surface area contributed by atoms with E-state index in [0.717, 1.165) is 43.4 Å². The lowest BCUT2D eigenvalue weighted by molar-refractivity contribution is -0.131. The van der Waals surface area contributed by atoms with Crippen LogP contribution in [-0.2, 0) is 11.3 Å². The van der Waals surface area contributed by atoms with Crippen molar-refractivity contribution in [2.24, 2.45) is 5.92 Å². The number of hydrogen-bond donors (Lipinski definition) is 2. The van der Waals surface area contributed by atoms with E-state index in [1.165, 1.54) is 0 Å². The monoisotopic (exact) mass is 369 g/mol. The number of nitrogens with one attached hydrogen (secondary N) is 1. The normalized spacial score (nSPS) is 15.7. The van der Waals surface area contributed by atoms with E-state index in [4.69, 9.17) is 0 Å². The third-order valence-corrected chi connectivity index (χ3v) is 4.77. The van der Waals surface area contributed by atoms with Crippen molar-refractivity contribution < 1.29 is 9.90 Å². The predicted octanol–water partition coefficient (Wildman–Crippen LogP) is 1.44. The molecule has 3 rings (SSSR count). The lowest BCUT2D eigenvalue weighted by Gasteiger charge is -2.36. The molecule has 1 aliphatic rings. The minimum atomic E-state index is -0.993. The molecule has 2 N–H and O–H groups in total. The molecule has 27 heavy (non-hydrogen) atoms. The van der Waals surface area contributed by atoms with E-state index < -0.39 is 6.10 Å². The molecule has 0 radical (unpaired) electrons. The molecule has 144 valence electrons. The van der Waals surface area contributed by atoms with Crippen molar-refractivity contribution in [1.82, 2.24) is 15.3 Å². The maximum atomic E-state index is 12.0. The molecule has 1 amide bonds. The van der Waals surface area contributed by atoms with Crippen molar-refractivity contribution in [3.63, 3.8) is 0 Å². The van der Waals surface area contributed by atoms with Gasteiger partial charge in [0.1, 0.15) is 17.7 Å². The number of carbonyl (C=O) groups is 1. The summed E-state index contributed by atoms with van der Waals surface area (Å²) in [5.74, 6) is 1.42. The number of aliphatic hydroxyl groups excluding tert-OH is 1. The summed E-state index contributed by atoms with van der Waals surface area (Å²) in [5, 5.41) is 12.7. The standard InChI is InChI=1S/C20H27N5O2/c1-15(2)18(26)20(27)23-14-16-6-5-9-22-19(16)25-12-10-24(11-13-25)17-7-3-4-8-21-17/h3-9,15,18,26H,10-14H2,1-2H3,(H,23,27)/t18-/m1/s1. The molecule has 0 saturated carbocycles. The Morgan fingerprint density at radius 3 is 2.44 bits per heavy atom. The van der Waals surface area contributed by atoms with Gasteiger partial charge in [0.2, 0.25) is 5.91 Å². The summed E-state index contributed by atoms with van der Waals surface area (Å²) in [5.41, 5.74) is 0.952. The van der Waals surface area contributed by atoms with Crippen molar-refractivity contribution in [2.75, 3.05) is 36.0 Å². The van der Waals surface area contributed by atoms with Gasteiger partial charge in [-0.25, -0.2) is 9.97 Å². The molecule has 3 heterocycles. The molecule has 0 spiro atoms. The Bertz CT molecular complexity index is 745. The fourth-order valence-electron chi connectivity index (χ4n) is 3.13. The number of hydrogen-bond acceptors (Lipinski definition) is 6. The van der Waals surface area contributed by atoms with Gasteiger partial charge in [0.05, 0.1) is 0 Å². The van der Waals surface area contributed by atoms with Gasteiger partial charge in [0, 0.05) is 50.7 Å². The highest BCUT2D eigenvalue weighted by Crippen LogP contribution is 2.21. The van der Waals surface area contributed by atoms with Crippen LogP contribution in [0.15, 0.2) is 42.7 Å². The highest BCUT2D eigenvalue weighted by molar-refractivity contribution is 5.80. The zero-order valence-electron chi connectivity index (χ0n) is 15.9. The molecule has 7 nitrogen and oxygen atoms in total. The minimum absolute atomic E-state index is 0.113. The number of aliphatic hydroxyl groups is 1. The lowest BCUT2D eigenvalue weighted by atomic mass is 10.1. The van der Waals surface area contributed by atoms with Crippen LogP contribution in [0.5, 0.6) is 0 Å². The summed E-state index contributed by atoms with van der Waals surface area (Å²) in [7, 11) is 0. The molecular formula is C20H27N5O2. The molecule has 0 bridgehead atoms. The molecule has 0 aliphatic carbocycles. The van der Waals surface area contributed by atoms with Gasteiger partial charge in [-0.2, -0.15) is 0 Å². The van der Waals surface area contributed by atoms with Gasteiger partial charge in [-0.1, -0.05) is 26.0 Å². The van der Waals surface area contributed by atoms with Crippen LogP contribution in [0.1, 0.15) is 19.4 Å². The van der Waals surface area contributed by atoms with Gasteiger partial charge in [-0.15, -0.1) is 0 Å². The molecule has 2 aromatic rings. The second-order valence-electron chi connectivity index (χ2n) is 7.05. The van der Waals surface area contributed by atoms with E-state index in [-0.39, 0.29) is 11.8 Å². The fraction of sp³-hybridized carbons (Fsp3) is 0.450. The van der Waals surface area contributed by atoms with Crippen molar-refractivity contribution in [3.05, 3.63) is 48.3 Å². The predicted molar refractivity (Wildman–Crippen MR) is 106 cm³/mol. The van der Waals surface area contributed by atoms with Gasteiger partial charge in [0.25, 0.3) is 0 Å². The summed E-state index contributed by atoms with van der Waals surface area (Å²) in [6, 6.07) is 9.78. The van der Waals surface area contributed by atoms with Crippen molar-refractivity contribution >= 4 is 17.5 Å². The summed E-state index contributed by atoms with van der Waals surface area (Å²) >= 11 is 0. The topological polar surface area (TPSA) is 81.6 Å². The number of nitrogens with zero attached hydrogens (tertiary/aromatic N) is 4. The van der Waals surface area contributed by atoms with Gasteiger partial charge in [-0.3, -0.25) is 4.79 Å². The van der Waals surface area contributed by atoms with Crippen LogP contribution in [-0.4, -0.2) is 53.3 Å². The SMILES string of the molecule is CC(C)[C@@H](O)C(=O)NCc1cccnc1N1CCN(c2ccccn2)CC1. The first kappa shape index (κ1) is 19.1. The van der Waals surface area contributed by atoms with Gasteiger partial charge in [-0.05, 0) is 24.1 Å². The second-order valence-corrected chi connectivity index (χ2v) is 7.05. The Hall–Kier alpha value is -2.67. The first-order valence-corrected chi connectivity index (χ1v) is 9.37. The lowest BCUT2D eigenvalue weighted by Crippen LogP contribution is -2.47. The Labute approximate surface area is 160 Å². The van der Waals surface area contributed by atoms with Crippen LogP contribution in [0.2, 0.25) is 0 Å². The number of piperazine rings is 1. The maximum Gasteiger partial charge on any atom is 0.249 e. The number of pyridine rings is 2. The molecule has 1 fully saturated rings. The number of aromatic nitrogens is 2. The van der Waals surface area contributed by atoms with Gasteiger partial charge in [0.15, 0.2) is 0 Å². The second kappa shape index (κ2) is 8.81. The highest BCUT2D eigenvalue weighted by atomic mass is 16.3. The average Bonchev–Trinajstić information content (AvgIpc) is 2.72. The summed E-state index contributed by atoms with van der Waals surface area (Å²) in [6.07, 6.45) is 2.59. The smallest absolute Gasteiger partial charge is 0.249 e. The van der Waals surface area contributed by atoms with Crippen LogP contribution < -0.4 is 15.1 Å². The summed E-state index contributed by atoms with van der Waals surface area (Å²) in [4.78, 5) is 25.5. The summed E-state index contributed by atoms with van der Waals surface area (Å²) < 4.78 is 0. The van der Waals surface area contributed by atoms with Crippen molar-refractivity contribution in [2.45, 2.75) is 26.5 Å². The van der Waals surface area contributed by atoms with Gasteiger partial charge >= 0.3 is 0 Å². The minimum Gasteiger partial charge on any atom is -0.383 e. The maximum absolute atomic E-state index is 12.0. The molecule has 1 saturated heterocycles. The number of amides is 1. The van der Waals surface area contributed by atoms with Crippen LogP contribution >= 0.6 is 0 Å². The number of rotatable bonds is 6. The molecule has 0 aromatic carbocycles. The Morgan fingerprint density at radius 1 is 1.07 bits per heavy atom. The van der Waals surface area contributed by atoms with Gasteiger partial charge < -0.3 is 20.2 Å². The van der Waals surface area contributed by atoms with E-state index >= 15 is 0 Å². The first-order valence-electron chi connectivity index (χ1n) is 9.37. The third-order valence-electron chi connectivity index (χ3n) is 4.77. The fourth-order valence-corrected chi connectivity index (χ4v) is 3.13. The van der Waals surface area contributed by atoms with E-state index in [1.54, 1.807) is 6.20 Å². The largest absolute Gasteiger partial charge is 0.383 e. The molecule has 7 heteroatoms. The molecule has 0 unspecified atom stereocenters. The first-order chi connectivity index (χ1) is 13.1. The average molecular weight is 369 g/mol. The van der Waals surface area contributed by atoms with Crippen molar-refractivity contribution in [1.29, 1.82) is 0 Å². The van der Waals surface area contributed by atoms with Crippen LogP contribution in [0.25, 0.3) is 0 Å². The zero-order chi connectivity index (χ0) is 19.2. The molecular weight excluding hydrogens is 342 g/mol. The van der Waals surface area contributed by atoms with E-state index in [1.807, 2.05) is 50.4 Å². The summed E-state index contributed by atoms with van der Waals surface area (Å²) in [6.45, 7) is 7.40. The van der Waals surface area contributed by atoms with E-state index in [9.17, 15) is 9.90 Å². The van der Waals surface area contributed by atoms with Crippen molar-refractivity contribution in [3.8, 4) is 0 Å². The molecule has 1 atom stereocenters. The van der Waals surface area contributed by atoms with Crippen LogP contribution in [0, 0.1) is 5.92 Å². The Morgan fingerprint density at radius 2 is 1.78 bits per heavy atom. The quantitative estimate of drug-likeness (QED) is 0.802. The Balaban J connectivity index is 1.62. The third kappa shape index (κ3) is 4.74. The van der Waals surface area contributed by atoms with E-state index in [0.29, 0.717) is 6.54 Å². The Kier molecular flexibility index (Phi) is 6.24. The van der Waals surface area contributed by atoms with E-state index in [2.05, 4.69) is 25.1 Å². The highest BCUT2D eigenvalue weighted by Gasteiger charge is 2.22. The molecule has 1 aliphatic heterocycles.